The number of carbonyl (C=O) groups excluding carboxylic acids is 1. The molecule has 0 unspecified atom stereocenters. The molecule has 33 heavy (non-hydrogen) atoms. The highest BCUT2D eigenvalue weighted by Crippen LogP contribution is 2.39. The van der Waals surface area contributed by atoms with Crippen LogP contribution < -0.4 is 4.74 Å². The second kappa shape index (κ2) is 8.20. The number of aryl methyl sites for hydroxylation is 1. The van der Waals surface area contributed by atoms with Crippen LogP contribution in [0.3, 0.4) is 0 Å². The van der Waals surface area contributed by atoms with E-state index < -0.39 is 5.72 Å². The van der Waals surface area contributed by atoms with Gasteiger partial charge in [0.2, 0.25) is 0 Å². The second-order valence-corrected chi connectivity index (χ2v) is 8.11. The van der Waals surface area contributed by atoms with E-state index in [0.29, 0.717) is 23.7 Å². The van der Waals surface area contributed by atoms with Gasteiger partial charge in [-0.3, -0.25) is 4.79 Å². The van der Waals surface area contributed by atoms with Crippen LogP contribution >= 0.6 is 0 Å². The van der Waals surface area contributed by atoms with Crippen LogP contribution in [0.2, 0.25) is 0 Å². The number of ether oxygens (including phenoxy) is 1. The number of amidine groups is 1. The van der Waals surface area contributed by atoms with Crippen LogP contribution in [-0.2, 0) is 15.4 Å². The van der Waals surface area contributed by atoms with E-state index >= 15 is 0 Å². The van der Waals surface area contributed by atoms with Crippen LogP contribution in [0, 0.1) is 12.7 Å². The minimum Gasteiger partial charge on any atom is -0.495 e. The second-order valence-electron chi connectivity index (χ2n) is 8.11. The Morgan fingerprint density at radius 2 is 2.03 bits per heavy atom. The molecule has 0 aliphatic carbocycles. The normalized spacial score (nSPS) is 20.9. The van der Waals surface area contributed by atoms with E-state index in [2.05, 4.69) is 10.1 Å². The molecule has 0 spiro atoms. The molecule has 2 aromatic carbocycles. The molecule has 8 heteroatoms. The molecule has 2 aliphatic rings. The van der Waals surface area contributed by atoms with Gasteiger partial charge in [-0.1, -0.05) is 11.2 Å². The first-order valence-electron chi connectivity index (χ1n) is 10.7. The summed E-state index contributed by atoms with van der Waals surface area (Å²) in [6.45, 7) is 2.54. The van der Waals surface area contributed by atoms with E-state index in [1.807, 2.05) is 46.9 Å². The number of hydrogen-bond donors (Lipinski definition) is 0. The minimum absolute atomic E-state index is 0.374. The van der Waals surface area contributed by atoms with Gasteiger partial charge in [0.25, 0.3) is 5.72 Å². The fourth-order valence-electron chi connectivity index (χ4n) is 4.35. The lowest BCUT2D eigenvalue weighted by molar-refractivity contribution is -0.147. The van der Waals surface area contributed by atoms with Crippen molar-refractivity contribution >= 4 is 18.2 Å². The Balaban J connectivity index is 1.48. The summed E-state index contributed by atoms with van der Waals surface area (Å²) in [6, 6.07) is 11.7. The molecule has 0 saturated carbocycles. The zero-order chi connectivity index (χ0) is 23.0. The number of rotatable bonds is 5. The highest BCUT2D eigenvalue weighted by atomic mass is 19.1. The topological polar surface area (TPSA) is 69.0 Å². The number of aldehydes is 1. The quantitative estimate of drug-likeness (QED) is 0.550. The molecule has 1 atom stereocenters. The van der Waals surface area contributed by atoms with Gasteiger partial charge >= 0.3 is 0 Å². The number of halogens is 1. The number of imidazole rings is 1. The fourth-order valence-corrected chi connectivity index (χ4v) is 4.35. The molecule has 168 valence electrons. The summed E-state index contributed by atoms with van der Waals surface area (Å²) in [7, 11) is 1.64. The molecule has 0 N–H and O–H groups in total. The summed E-state index contributed by atoms with van der Waals surface area (Å²) in [4.78, 5) is 24.0. The van der Waals surface area contributed by atoms with Crippen molar-refractivity contribution in [1.82, 2.24) is 14.5 Å². The summed E-state index contributed by atoms with van der Waals surface area (Å²) >= 11 is 0. The van der Waals surface area contributed by atoms with E-state index in [0.717, 1.165) is 41.6 Å². The molecule has 2 aliphatic heterocycles. The Bertz CT molecular complexity index is 1260. The molecular weight excluding hydrogens is 423 g/mol. The molecule has 1 fully saturated rings. The van der Waals surface area contributed by atoms with Crippen LogP contribution in [0.4, 0.5) is 4.39 Å². The van der Waals surface area contributed by atoms with Crippen molar-refractivity contribution in [3.8, 4) is 11.4 Å². The lowest BCUT2D eigenvalue weighted by atomic mass is 9.95. The first kappa shape index (κ1) is 20.9. The standard InChI is InChI=1S/C25H23FN4O3/c1-17-14-29(16-27-17)22-10-5-18(13-23(22)32-2)12-19-4-3-11-30-24(19)28-33-25(30,15-31)20-6-8-21(26)9-7-20/h5-10,12-16H,3-4,11H2,1-2H3/t25-/m1/s1. The summed E-state index contributed by atoms with van der Waals surface area (Å²) in [5, 5.41) is 4.27. The van der Waals surface area contributed by atoms with Crippen LogP contribution in [0.25, 0.3) is 11.8 Å². The number of hydrogen-bond acceptors (Lipinski definition) is 6. The van der Waals surface area contributed by atoms with Crippen LogP contribution in [0.1, 0.15) is 29.7 Å². The van der Waals surface area contributed by atoms with E-state index in [-0.39, 0.29) is 5.82 Å². The van der Waals surface area contributed by atoms with Crippen molar-refractivity contribution in [1.29, 1.82) is 0 Å². The average molecular weight is 446 g/mol. The number of aromatic nitrogens is 2. The van der Waals surface area contributed by atoms with E-state index in [1.54, 1.807) is 25.6 Å². The van der Waals surface area contributed by atoms with Crippen molar-refractivity contribution in [2.24, 2.45) is 5.16 Å². The van der Waals surface area contributed by atoms with Gasteiger partial charge in [-0.2, -0.15) is 0 Å². The van der Waals surface area contributed by atoms with E-state index in [9.17, 15) is 9.18 Å². The first-order chi connectivity index (χ1) is 16.0. The van der Waals surface area contributed by atoms with Crippen molar-refractivity contribution in [2.45, 2.75) is 25.5 Å². The maximum atomic E-state index is 13.4. The first-order valence-corrected chi connectivity index (χ1v) is 10.7. The third-order valence-electron chi connectivity index (χ3n) is 6.00. The van der Waals surface area contributed by atoms with Gasteiger partial charge in [0.15, 0.2) is 12.1 Å². The number of nitrogens with zero attached hydrogens (tertiary/aromatic N) is 4. The van der Waals surface area contributed by atoms with Crippen molar-refractivity contribution < 1.29 is 18.8 Å². The third kappa shape index (κ3) is 3.57. The molecule has 0 radical (unpaired) electrons. The number of oxime groups is 1. The van der Waals surface area contributed by atoms with E-state index in [1.165, 1.54) is 12.1 Å². The molecular formula is C25H23FN4O3. The van der Waals surface area contributed by atoms with E-state index in [4.69, 9.17) is 9.57 Å². The summed E-state index contributed by atoms with van der Waals surface area (Å²) in [5.41, 5.74) is 2.87. The van der Waals surface area contributed by atoms with Crippen molar-refractivity contribution in [3.63, 3.8) is 0 Å². The molecule has 0 amide bonds. The fraction of sp³-hybridized carbons (Fsp3) is 0.240. The van der Waals surface area contributed by atoms with Crippen LogP contribution in [0.15, 0.2) is 65.7 Å². The van der Waals surface area contributed by atoms with Crippen molar-refractivity contribution in [2.75, 3.05) is 13.7 Å². The van der Waals surface area contributed by atoms with Gasteiger partial charge in [0, 0.05) is 18.3 Å². The van der Waals surface area contributed by atoms with Gasteiger partial charge in [0.1, 0.15) is 11.6 Å². The lowest BCUT2D eigenvalue weighted by Crippen LogP contribution is -2.50. The lowest BCUT2D eigenvalue weighted by Gasteiger charge is -2.36. The molecule has 3 heterocycles. The monoisotopic (exact) mass is 446 g/mol. The zero-order valence-electron chi connectivity index (χ0n) is 18.4. The number of carbonyl (C=O) groups is 1. The summed E-state index contributed by atoms with van der Waals surface area (Å²) in [6.07, 6.45) is 8.07. The summed E-state index contributed by atoms with van der Waals surface area (Å²) < 4.78 is 21.0. The summed E-state index contributed by atoms with van der Waals surface area (Å²) in [5.74, 6) is 0.958. The maximum Gasteiger partial charge on any atom is 0.293 e. The Kier molecular flexibility index (Phi) is 5.20. The SMILES string of the molecule is COc1cc(C=C2CCCN3C2=NO[C@]3(C=O)c2ccc(F)cc2)ccc1-n1cnc(C)c1. The molecule has 0 bridgehead atoms. The number of methoxy groups -OCH3 is 1. The molecule has 7 nitrogen and oxygen atoms in total. The predicted molar refractivity (Wildman–Crippen MR) is 121 cm³/mol. The maximum absolute atomic E-state index is 13.4. The van der Waals surface area contributed by atoms with Gasteiger partial charge in [-0.15, -0.1) is 0 Å². The zero-order valence-corrected chi connectivity index (χ0v) is 18.4. The van der Waals surface area contributed by atoms with Gasteiger partial charge in [0.05, 0.1) is 24.8 Å². The third-order valence-corrected chi connectivity index (χ3v) is 6.00. The Morgan fingerprint density at radius 1 is 1.21 bits per heavy atom. The predicted octanol–water partition coefficient (Wildman–Crippen LogP) is 4.20. The minimum atomic E-state index is -1.39. The smallest absolute Gasteiger partial charge is 0.293 e. The van der Waals surface area contributed by atoms with Gasteiger partial charge in [-0.05, 0) is 73.4 Å². The largest absolute Gasteiger partial charge is 0.495 e. The highest BCUT2D eigenvalue weighted by molar-refractivity contribution is 6.05. The highest BCUT2D eigenvalue weighted by Gasteiger charge is 2.49. The van der Waals surface area contributed by atoms with Gasteiger partial charge < -0.3 is 19.0 Å². The molecule has 1 aromatic heterocycles. The van der Waals surface area contributed by atoms with Crippen LogP contribution in [0.5, 0.6) is 5.75 Å². The van der Waals surface area contributed by atoms with Crippen LogP contribution in [-0.4, -0.2) is 40.2 Å². The Hall–Kier alpha value is -3.94. The Morgan fingerprint density at radius 3 is 2.73 bits per heavy atom. The van der Waals surface area contributed by atoms with Gasteiger partial charge in [-0.25, -0.2) is 9.37 Å². The average Bonchev–Trinajstić information content (AvgIpc) is 3.44. The number of piperidine rings is 1. The number of fused-ring (bicyclic) bond motifs is 1. The molecule has 1 saturated heterocycles. The number of benzene rings is 2. The Labute approximate surface area is 190 Å². The molecule has 5 rings (SSSR count). The van der Waals surface area contributed by atoms with Crippen molar-refractivity contribution in [3.05, 3.63) is 83.2 Å². The molecule has 3 aromatic rings.